The first-order valence-electron chi connectivity index (χ1n) is 10.3. The Labute approximate surface area is 179 Å². The van der Waals surface area contributed by atoms with Gasteiger partial charge in [0.25, 0.3) is 0 Å². The first-order valence-corrected chi connectivity index (χ1v) is 12.7. The number of aryl methyl sites for hydroxylation is 2. The summed E-state index contributed by atoms with van der Waals surface area (Å²) >= 11 is 1.73. The fraction of sp³-hybridized carbons (Fsp3) is 0.789. The van der Waals surface area contributed by atoms with Gasteiger partial charge in [-0.15, -0.1) is 11.3 Å². The zero-order chi connectivity index (χ0) is 21.4. The van der Waals surface area contributed by atoms with E-state index in [0.717, 1.165) is 29.6 Å². The number of piperazine rings is 1. The molecule has 1 saturated heterocycles. The van der Waals surface area contributed by atoms with Gasteiger partial charge < -0.3 is 15.0 Å². The highest BCUT2D eigenvalue weighted by Gasteiger charge is 2.28. The molecule has 0 saturated carbocycles. The first-order chi connectivity index (χ1) is 13.7. The zero-order valence-corrected chi connectivity index (χ0v) is 19.9. The van der Waals surface area contributed by atoms with Crippen LogP contribution in [-0.4, -0.2) is 86.3 Å². The van der Waals surface area contributed by atoms with Crippen LogP contribution in [0.1, 0.15) is 36.3 Å². The van der Waals surface area contributed by atoms with Crippen LogP contribution in [0.5, 0.6) is 0 Å². The van der Waals surface area contributed by atoms with E-state index in [1.165, 1.54) is 4.88 Å². The molecule has 0 radical (unpaired) electrons. The largest absolute Gasteiger partial charge is 0.378 e. The van der Waals surface area contributed by atoms with Crippen molar-refractivity contribution in [1.29, 1.82) is 0 Å². The topological polar surface area (TPSA) is 87.1 Å². The Morgan fingerprint density at radius 1 is 1.28 bits per heavy atom. The lowest BCUT2D eigenvalue weighted by molar-refractivity contribution is 0.0904. The smallest absolute Gasteiger partial charge is 0.216 e. The highest BCUT2D eigenvalue weighted by atomic mass is 32.2. The molecule has 0 atom stereocenters. The van der Waals surface area contributed by atoms with E-state index in [-0.39, 0.29) is 18.5 Å². The molecule has 0 aliphatic carbocycles. The fourth-order valence-electron chi connectivity index (χ4n) is 3.19. The summed E-state index contributed by atoms with van der Waals surface area (Å²) in [5.74, 6) is 0.888. The van der Waals surface area contributed by atoms with Crippen molar-refractivity contribution in [1.82, 2.24) is 19.5 Å². The maximum absolute atomic E-state index is 12.5. The maximum atomic E-state index is 12.5. The minimum absolute atomic E-state index is 0.0347. The van der Waals surface area contributed by atoms with Crippen LogP contribution < -0.4 is 5.32 Å². The lowest BCUT2D eigenvalue weighted by Crippen LogP contribution is -2.54. The summed E-state index contributed by atoms with van der Waals surface area (Å²) in [5, 5.41) is 4.42. The molecule has 1 aromatic heterocycles. The summed E-state index contributed by atoms with van der Waals surface area (Å²) in [4.78, 5) is 12.7. The molecule has 0 spiro atoms. The summed E-state index contributed by atoms with van der Waals surface area (Å²) in [6.45, 7) is 13.8. The third-order valence-electron chi connectivity index (χ3n) is 4.66. The van der Waals surface area contributed by atoms with Gasteiger partial charge in [-0.1, -0.05) is 0 Å². The summed E-state index contributed by atoms with van der Waals surface area (Å²) in [7, 11) is -3.28. The number of thiazole rings is 1. The minimum Gasteiger partial charge on any atom is -0.378 e. The van der Waals surface area contributed by atoms with Gasteiger partial charge in [0, 0.05) is 50.6 Å². The number of sulfonamides is 1. The number of guanidine groups is 1. The van der Waals surface area contributed by atoms with Crippen LogP contribution in [-0.2, 0) is 21.2 Å². The average molecular weight is 446 g/mol. The highest BCUT2D eigenvalue weighted by molar-refractivity contribution is 7.89. The molecule has 0 unspecified atom stereocenters. The normalized spacial score (nSPS) is 16.6. The molecule has 1 aliphatic heterocycles. The van der Waals surface area contributed by atoms with Gasteiger partial charge in [0.1, 0.15) is 0 Å². The third kappa shape index (κ3) is 7.51. The Balaban J connectivity index is 1.89. The Morgan fingerprint density at radius 3 is 2.52 bits per heavy atom. The summed E-state index contributed by atoms with van der Waals surface area (Å²) < 4.78 is 32.0. The van der Waals surface area contributed by atoms with Crippen molar-refractivity contribution >= 4 is 27.3 Å². The van der Waals surface area contributed by atoms with Gasteiger partial charge >= 0.3 is 0 Å². The Bertz CT molecular complexity index is 769. The van der Waals surface area contributed by atoms with Crippen molar-refractivity contribution in [2.45, 2.75) is 47.1 Å². The molecule has 1 fully saturated rings. The molecular weight excluding hydrogens is 410 g/mol. The standard InChI is InChI=1S/C19H35N5O3S2/c1-6-20-19(21-8-7-18-16(4)22-17(5)28-18)23-9-11-24(12-10-23)29(25,26)14-13-27-15(2)3/h15H,6-14H2,1-5H3,(H,20,21). The minimum atomic E-state index is -3.28. The first kappa shape index (κ1) is 24.0. The molecule has 2 heterocycles. The number of ether oxygens (including phenoxy) is 1. The molecule has 1 N–H and O–H groups in total. The van der Waals surface area contributed by atoms with E-state index < -0.39 is 10.0 Å². The number of rotatable bonds is 9. The van der Waals surface area contributed by atoms with Crippen LogP contribution in [0.3, 0.4) is 0 Å². The second kappa shape index (κ2) is 11.2. The predicted molar refractivity (Wildman–Crippen MR) is 119 cm³/mol. The van der Waals surface area contributed by atoms with Gasteiger partial charge in [-0.3, -0.25) is 4.99 Å². The van der Waals surface area contributed by atoms with Crippen LogP contribution in [0.4, 0.5) is 0 Å². The van der Waals surface area contributed by atoms with Crippen molar-refractivity contribution in [3.05, 3.63) is 15.6 Å². The van der Waals surface area contributed by atoms with Gasteiger partial charge in [-0.25, -0.2) is 13.4 Å². The third-order valence-corrected chi connectivity index (χ3v) is 7.63. The number of nitrogens with one attached hydrogen (secondary N) is 1. The lowest BCUT2D eigenvalue weighted by atomic mass is 10.3. The second-order valence-electron chi connectivity index (χ2n) is 7.35. The molecule has 0 amide bonds. The maximum Gasteiger partial charge on any atom is 0.216 e. The number of hydrogen-bond donors (Lipinski definition) is 1. The summed E-state index contributed by atoms with van der Waals surface area (Å²) in [5.41, 5.74) is 1.09. The molecule has 0 bridgehead atoms. The van der Waals surface area contributed by atoms with Gasteiger partial charge in [-0.05, 0) is 34.6 Å². The lowest BCUT2D eigenvalue weighted by Gasteiger charge is -2.35. The molecule has 1 aliphatic rings. The van der Waals surface area contributed by atoms with E-state index >= 15 is 0 Å². The van der Waals surface area contributed by atoms with Crippen LogP contribution in [0, 0.1) is 13.8 Å². The molecule has 10 heteroatoms. The second-order valence-corrected chi connectivity index (χ2v) is 10.7. The highest BCUT2D eigenvalue weighted by Crippen LogP contribution is 2.17. The Hall–Kier alpha value is -1.23. The van der Waals surface area contributed by atoms with E-state index in [2.05, 4.69) is 15.2 Å². The molecule has 1 aromatic rings. The van der Waals surface area contributed by atoms with E-state index in [1.54, 1.807) is 15.6 Å². The van der Waals surface area contributed by atoms with E-state index in [1.807, 2.05) is 34.6 Å². The number of aromatic nitrogens is 1. The quantitative estimate of drug-likeness (QED) is 0.459. The van der Waals surface area contributed by atoms with E-state index in [9.17, 15) is 8.42 Å². The van der Waals surface area contributed by atoms with Crippen molar-refractivity contribution in [2.24, 2.45) is 4.99 Å². The number of nitrogens with zero attached hydrogens (tertiary/aromatic N) is 4. The average Bonchev–Trinajstić information content (AvgIpc) is 2.98. The molecular formula is C19H35N5O3S2. The van der Waals surface area contributed by atoms with Gasteiger partial charge in [0.05, 0.1) is 29.2 Å². The van der Waals surface area contributed by atoms with Crippen LogP contribution in [0.25, 0.3) is 0 Å². The Morgan fingerprint density at radius 2 is 1.97 bits per heavy atom. The molecule has 0 aromatic carbocycles. The van der Waals surface area contributed by atoms with Crippen molar-refractivity contribution < 1.29 is 13.2 Å². The van der Waals surface area contributed by atoms with Crippen LogP contribution >= 0.6 is 11.3 Å². The van der Waals surface area contributed by atoms with Crippen molar-refractivity contribution in [3.8, 4) is 0 Å². The van der Waals surface area contributed by atoms with Crippen molar-refractivity contribution in [2.75, 3.05) is 51.6 Å². The molecule has 2 rings (SSSR count). The Kier molecular flexibility index (Phi) is 9.32. The van der Waals surface area contributed by atoms with E-state index in [0.29, 0.717) is 32.7 Å². The van der Waals surface area contributed by atoms with Crippen molar-refractivity contribution in [3.63, 3.8) is 0 Å². The zero-order valence-electron chi connectivity index (χ0n) is 18.3. The molecule has 29 heavy (non-hydrogen) atoms. The SMILES string of the molecule is CCNC(=NCCc1sc(C)nc1C)N1CCN(S(=O)(=O)CCOC(C)C)CC1. The van der Waals surface area contributed by atoms with Gasteiger partial charge in [0.15, 0.2) is 5.96 Å². The molecule has 8 nitrogen and oxygen atoms in total. The predicted octanol–water partition coefficient (Wildman–Crippen LogP) is 1.64. The number of aliphatic imine (C=N–C) groups is 1. The summed E-state index contributed by atoms with van der Waals surface area (Å²) in [6, 6.07) is 0. The van der Waals surface area contributed by atoms with Gasteiger partial charge in [0.2, 0.25) is 10.0 Å². The van der Waals surface area contributed by atoms with E-state index in [4.69, 9.17) is 9.73 Å². The summed E-state index contributed by atoms with van der Waals surface area (Å²) in [6.07, 6.45) is 0.912. The number of hydrogen-bond acceptors (Lipinski definition) is 6. The monoisotopic (exact) mass is 445 g/mol. The van der Waals surface area contributed by atoms with Gasteiger partial charge in [-0.2, -0.15) is 4.31 Å². The fourth-order valence-corrected chi connectivity index (χ4v) is 5.40. The van der Waals surface area contributed by atoms with Crippen LogP contribution in [0.15, 0.2) is 4.99 Å². The van der Waals surface area contributed by atoms with Crippen LogP contribution in [0.2, 0.25) is 0 Å². The molecule has 166 valence electrons.